The molecule has 0 saturated heterocycles. The summed E-state index contributed by atoms with van der Waals surface area (Å²) in [6, 6.07) is 8.68. The highest BCUT2D eigenvalue weighted by Gasteiger charge is 2.14. The molecule has 3 nitrogen and oxygen atoms in total. The van der Waals surface area contributed by atoms with E-state index < -0.39 is 0 Å². The third-order valence-corrected chi connectivity index (χ3v) is 2.97. The largest absolute Gasteiger partial charge is 0.309 e. The first kappa shape index (κ1) is 11.7. The Kier molecular flexibility index (Phi) is 3.49. The Labute approximate surface area is 102 Å². The van der Waals surface area contributed by atoms with E-state index >= 15 is 0 Å². The lowest BCUT2D eigenvalue weighted by Crippen LogP contribution is -2.19. The molecule has 2 aromatic rings. The van der Waals surface area contributed by atoms with Gasteiger partial charge in [-0.3, -0.25) is 0 Å². The number of nitrogens with one attached hydrogen (secondary N) is 1. The zero-order chi connectivity index (χ0) is 12.3. The second-order valence-electron chi connectivity index (χ2n) is 4.26. The topological polar surface area (TPSA) is 37.8 Å². The Bertz CT molecular complexity index is 494. The lowest BCUT2D eigenvalue weighted by Gasteiger charge is -2.19. The molecule has 1 heterocycles. The van der Waals surface area contributed by atoms with E-state index in [4.69, 9.17) is 0 Å². The fourth-order valence-electron chi connectivity index (χ4n) is 2.12. The van der Waals surface area contributed by atoms with Crippen molar-refractivity contribution in [2.75, 3.05) is 7.05 Å². The molecular formula is C14H17N3. The van der Waals surface area contributed by atoms with E-state index in [1.165, 1.54) is 16.7 Å². The van der Waals surface area contributed by atoms with Gasteiger partial charge in [0.1, 0.15) is 0 Å². The smallest absolute Gasteiger partial charge is 0.0593 e. The van der Waals surface area contributed by atoms with Gasteiger partial charge in [-0.25, -0.2) is 0 Å². The molecule has 1 atom stereocenters. The van der Waals surface area contributed by atoms with Crippen LogP contribution in [0.4, 0.5) is 0 Å². The highest BCUT2D eigenvalue weighted by molar-refractivity contribution is 5.37. The molecule has 1 aromatic heterocycles. The van der Waals surface area contributed by atoms with Gasteiger partial charge in [-0.15, -0.1) is 0 Å². The van der Waals surface area contributed by atoms with Crippen LogP contribution < -0.4 is 5.32 Å². The van der Waals surface area contributed by atoms with Crippen LogP contribution in [0.1, 0.15) is 28.3 Å². The third kappa shape index (κ3) is 2.50. The minimum absolute atomic E-state index is 0.172. The van der Waals surface area contributed by atoms with Crippen LogP contribution in [0, 0.1) is 13.8 Å². The molecule has 0 aliphatic heterocycles. The van der Waals surface area contributed by atoms with E-state index in [0.29, 0.717) is 0 Å². The van der Waals surface area contributed by atoms with Crippen molar-refractivity contribution < 1.29 is 0 Å². The van der Waals surface area contributed by atoms with Crippen LogP contribution in [0.5, 0.6) is 0 Å². The first-order chi connectivity index (χ1) is 8.22. The van der Waals surface area contributed by atoms with Crippen LogP contribution in [-0.4, -0.2) is 17.2 Å². The zero-order valence-electron chi connectivity index (χ0n) is 10.4. The van der Waals surface area contributed by atoms with Crippen molar-refractivity contribution in [2.45, 2.75) is 19.9 Å². The van der Waals surface area contributed by atoms with Crippen LogP contribution >= 0.6 is 0 Å². The van der Waals surface area contributed by atoms with Crippen molar-refractivity contribution in [1.29, 1.82) is 0 Å². The van der Waals surface area contributed by atoms with Crippen LogP contribution in [0.3, 0.4) is 0 Å². The summed E-state index contributed by atoms with van der Waals surface area (Å²) in [6.45, 7) is 4.25. The van der Waals surface area contributed by atoms with E-state index in [0.717, 1.165) is 5.56 Å². The predicted molar refractivity (Wildman–Crippen MR) is 68.9 cm³/mol. The minimum Gasteiger partial charge on any atom is -0.309 e. The number of nitrogens with zero attached hydrogens (tertiary/aromatic N) is 2. The summed E-state index contributed by atoms with van der Waals surface area (Å²) < 4.78 is 0. The van der Waals surface area contributed by atoms with Gasteiger partial charge in [-0.1, -0.05) is 23.8 Å². The van der Waals surface area contributed by atoms with Crippen LogP contribution in [0.2, 0.25) is 0 Å². The third-order valence-electron chi connectivity index (χ3n) is 2.97. The fraction of sp³-hybridized carbons (Fsp3) is 0.286. The highest BCUT2D eigenvalue weighted by atomic mass is 15.1. The first-order valence-corrected chi connectivity index (χ1v) is 5.73. The average Bonchev–Trinajstić information content (AvgIpc) is 2.34. The van der Waals surface area contributed by atoms with Gasteiger partial charge in [0.15, 0.2) is 0 Å². The highest BCUT2D eigenvalue weighted by Crippen LogP contribution is 2.24. The van der Waals surface area contributed by atoms with Crippen molar-refractivity contribution in [3.8, 4) is 0 Å². The molecule has 0 saturated carbocycles. The first-order valence-electron chi connectivity index (χ1n) is 5.73. The summed E-state index contributed by atoms with van der Waals surface area (Å²) in [5.74, 6) is 0. The SMILES string of the molecule is CNC(c1ccnnc1)c1ccc(C)cc1C. The van der Waals surface area contributed by atoms with Crippen molar-refractivity contribution in [3.05, 3.63) is 58.9 Å². The lowest BCUT2D eigenvalue weighted by atomic mass is 9.95. The summed E-state index contributed by atoms with van der Waals surface area (Å²) in [4.78, 5) is 0. The number of aryl methyl sites for hydroxylation is 2. The molecular weight excluding hydrogens is 210 g/mol. The predicted octanol–water partition coefficient (Wildman–Crippen LogP) is 2.40. The zero-order valence-corrected chi connectivity index (χ0v) is 10.4. The molecule has 0 aliphatic rings. The maximum atomic E-state index is 3.94. The number of hydrogen-bond acceptors (Lipinski definition) is 3. The molecule has 17 heavy (non-hydrogen) atoms. The second-order valence-corrected chi connectivity index (χ2v) is 4.26. The molecule has 3 heteroatoms. The van der Waals surface area contributed by atoms with Crippen LogP contribution in [-0.2, 0) is 0 Å². The van der Waals surface area contributed by atoms with E-state index in [-0.39, 0.29) is 6.04 Å². The molecule has 1 aromatic carbocycles. The van der Waals surface area contributed by atoms with Gasteiger partial charge in [-0.2, -0.15) is 10.2 Å². The normalized spacial score (nSPS) is 12.4. The van der Waals surface area contributed by atoms with Crippen molar-refractivity contribution in [1.82, 2.24) is 15.5 Å². The van der Waals surface area contributed by atoms with Crippen molar-refractivity contribution in [3.63, 3.8) is 0 Å². The maximum Gasteiger partial charge on any atom is 0.0593 e. The molecule has 0 radical (unpaired) electrons. The number of hydrogen-bond donors (Lipinski definition) is 1. The molecule has 1 N–H and O–H groups in total. The lowest BCUT2D eigenvalue weighted by molar-refractivity contribution is 0.680. The Hall–Kier alpha value is -1.74. The van der Waals surface area contributed by atoms with Crippen LogP contribution in [0.15, 0.2) is 36.7 Å². The second kappa shape index (κ2) is 5.06. The van der Waals surface area contributed by atoms with Gasteiger partial charge in [0.25, 0.3) is 0 Å². The fourth-order valence-corrected chi connectivity index (χ4v) is 2.12. The summed E-state index contributed by atoms with van der Waals surface area (Å²) in [6.07, 6.45) is 3.53. The Morgan fingerprint density at radius 2 is 1.94 bits per heavy atom. The quantitative estimate of drug-likeness (QED) is 0.875. The summed E-state index contributed by atoms with van der Waals surface area (Å²) in [5.41, 5.74) is 5.00. The van der Waals surface area contributed by atoms with Gasteiger partial charge in [0, 0.05) is 6.20 Å². The summed E-state index contributed by atoms with van der Waals surface area (Å²) >= 11 is 0. The van der Waals surface area contributed by atoms with E-state index in [2.05, 4.69) is 47.6 Å². The molecule has 0 bridgehead atoms. The molecule has 88 valence electrons. The van der Waals surface area contributed by atoms with E-state index in [9.17, 15) is 0 Å². The molecule has 1 unspecified atom stereocenters. The van der Waals surface area contributed by atoms with Crippen molar-refractivity contribution in [2.24, 2.45) is 0 Å². The molecule has 0 amide bonds. The van der Waals surface area contributed by atoms with Gasteiger partial charge < -0.3 is 5.32 Å². The average molecular weight is 227 g/mol. The maximum absolute atomic E-state index is 3.94. The van der Waals surface area contributed by atoms with Gasteiger partial charge >= 0.3 is 0 Å². The number of rotatable bonds is 3. The van der Waals surface area contributed by atoms with E-state index in [1.54, 1.807) is 12.4 Å². The van der Waals surface area contributed by atoms with Gasteiger partial charge in [0.2, 0.25) is 0 Å². The molecule has 0 fully saturated rings. The number of aromatic nitrogens is 2. The molecule has 2 rings (SSSR count). The Balaban J connectivity index is 2.42. The standard InChI is InChI=1S/C14H17N3/c1-10-4-5-13(11(2)8-10)14(15-3)12-6-7-16-17-9-12/h4-9,14-15H,1-3H3. The molecule has 0 aliphatic carbocycles. The number of benzene rings is 1. The minimum atomic E-state index is 0.172. The summed E-state index contributed by atoms with van der Waals surface area (Å²) in [7, 11) is 1.96. The van der Waals surface area contributed by atoms with E-state index in [1.807, 2.05) is 13.1 Å². The monoisotopic (exact) mass is 227 g/mol. The van der Waals surface area contributed by atoms with Crippen LogP contribution in [0.25, 0.3) is 0 Å². The van der Waals surface area contributed by atoms with Gasteiger partial charge in [-0.05, 0) is 43.7 Å². The Morgan fingerprint density at radius 1 is 1.12 bits per heavy atom. The summed E-state index contributed by atoms with van der Waals surface area (Å²) in [5, 5.41) is 11.1. The Morgan fingerprint density at radius 3 is 2.53 bits per heavy atom. The molecule has 0 spiro atoms. The van der Waals surface area contributed by atoms with Crippen molar-refractivity contribution >= 4 is 0 Å². The van der Waals surface area contributed by atoms with Gasteiger partial charge in [0.05, 0.1) is 12.2 Å².